The van der Waals surface area contributed by atoms with E-state index in [0.717, 1.165) is 6.26 Å². The van der Waals surface area contributed by atoms with E-state index >= 15 is 0 Å². The van der Waals surface area contributed by atoms with Crippen molar-refractivity contribution in [1.82, 2.24) is 9.55 Å². The zero-order chi connectivity index (χ0) is 23.3. The van der Waals surface area contributed by atoms with Crippen molar-refractivity contribution in [3.63, 3.8) is 0 Å². The Labute approximate surface area is 186 Å². The zero-order valence-electron chi connectivity index (χ0n) is 18.2. The normalized spacial score (nSPS) is 12.2. The van der Waals surface area contributed by atoms with E-state index in [9.17, 15) is 13.2 Å². The number of aromatic nitrogens is 2. The van der Waals surface area contributed by atoms with Crippen molar-refractivity contribution in [1.29, 1.82) is 0 Å². The van der Waals surface area contributed by atoms with Gasteiger partial charge in [0.2, 0.25) is 0 Å². The number of carbonyl (C=O) groups is 1. The van der Waals surface area contributed by atoms with Crippen molar-refractivity contribution in [2.75, 3.05) is 25.3 Å². The van der Waals surface area contributed by atoms with Crippen molar-refractivity contribution >= 4 is 21.4 Å². The molecule has 3 aromatic rings. The molecule has 0 radical (unpaired) electrons. The van der Waals surface area contributed by atoms with Crippen molar-refractivity contribution in [2.45, 2.75) is 17.9 Å². The molecule has 0 saturated heterocycles. The third-order valence-electron chi connectivity index (χ3n) is 4.30. The van der Waals surface area contributed by atoms with Gasteiger partial charge >= 0.3 is 0 Å². The maximum Gasteiger partial charge on any atom is 0.275 e. The van der Waals surface area contributed by atoms with Gasteiger partial charge < -0.3 is 24.1 Å². The first kappa shape index (κ1) is 23.3. The monoisotopic (exact) mass is 459 g/mol. The van der Waals surface area contributed by atoms with Crippen LogP contribution in [0.15, 0.2) is 59.9 Å². The minimum Gasteiger partial charge on any atom is -0.488 e. The van der Waals surface area contributed by atoms with E-state index in [0.29, 0.717) is 29.5 Å². The number of nitrogens with zero attached hydrogens (tertiary/aromatic N) is 2. The summed E-state index contributed by atoms with van der Waals surface area (Å²) in [7, 11) is 0.0501. The highest BCUT2D eigenvalue weighted by molar-refractivity contribution is 7.90. The summed E-state index contributed by atoms with van der Waals surface area (Å²) in [6.07, 6.45) is 4.05. The summed E-state index contributed by atoms with van der Waals surface area (Å²) in [4.78, 5) is 16.8. The van der Waals surface area contributed by atoms with Gasteiger partial charge in [-0.05, 0) is 31.2 Å². The number of amides is 1. The minimum atomic E-state index is -3.31. The van der Waals surface area contributed by atoms with E-state index in [1.54, 1.807) is 55.3 Å². The van der Waals surface area contributed by atoms with Gasteiger partial charge in [-0.2, -0.15) is 0 Å². The first-order valence-electron chi connectivity index (χ1n) is 9.72. The number of nitrogens with one attached hydrogen (secondary N) is 1. The quantitative estimate of drug-likeness (QED) is 0.523. The SMILES string of the molecule is COC[C@H](C)Oc1cc(NC(=O)c2cn(C)cn2)cc(Oc2ccc(S(C)(=O)=O)cc2)c1. The Kier molecular flexibility index (Phi) is 7.16. The predicted molar refractivity (Wildman–Crippen MR) is 119 cm³/mol. The van der Waals surface area contributed by atoms with Gasteiger partial charge in [-0.3, -0.25) is 4.79 Å². The molecule has 0 saturated carbocycles. The molecule has 9 nitrogen and oxygen atoms in total. The second-order valence-electron chi connectivity index (χ2n) is 7.30. The van der Waals surface area contributed by atoms with Gasteiger partial charge in [0.25, 0.3) is 5.91 Å². The van der Waals surface area contributed by atoms with Crippen LogP contribution in [0.4, 0.5) is 5.69 Å². The first-order valence-corrected chi connectivity index (χ1v) is 11.6. The minimum absolute atomic E-state index is 0.193. The molecule has 3 rings (SSSR count). The highest BCUT2D eigenvalue weighted by Crippen LogP contribution is 2.31. The average Bonchev–Trinajstić information content (AvgIpc) is 3.14. The number of imidazole rings is 1. The summed E-state index contributed by atoms with van der Waals surface area (Å²) < 4.78 is 41.9. The Hall–Kier alpha value is -3.37. The summed E-state index contributed by atoms with van der Waals surface area (Å²) >= 11 is 0. The molecule has 1 aromatic heterocycles. The van der Waals surface area contributed by atoms with Crippen molar-refractivity contribution < 1.29 is 27.4 Å². The van der Waals surface area contributed by atoms with E-state index in [1.165, 1.54) is 18.5 Å². The number of anilines is 1. The second-order valence-corrected chi connectivity index (χ2v) is 9.32. The van der Waals surface area contributed by atoms with Crippen molar-refractivity contribution in [3.05, 3.63) is 60.7 Å². The number of ether oxygens (including phenoxy) is 3. The molecule has 0 aliphatic carbocycles. The molecule has 0 spiro atoms. The van der Waals surface area contributed by atoms with Crippen LogP contribution in [0.25, 0.3) is 0 Å². The Balaban J connectivity index is 1.86. The van der Waals surface area contributed by atoms with Gasteiger partial charge in [-0.15, -0.1) is 0 Å². The maximum absolute atomic E-state index is 12.5. The average molecular weight is 460 g/mol. The van der Waals surface area contributed by atoms with Gasteiger partial charge in [0.05, 0.1) is 17.8 Å². The number of hydrogen-bond donors (Lipinski definition) is 1. The lowest BCUT2D eigenvalue weighted by Crippen LogP contribution is -2.18. The van der Waals surface area contributed by atoms with Crippen molar-refractivity contribution in [3.8, 4) is 17.2 Å². The Morgan fingerprint density at radius 3 is 2.41 bits per heavy atom. The number of carbonyl (C=O) groups excluding carboxylic acids is 1. The largest absolute Gasteiger partial charge is 0.488 e. The lowest BCUT2D eigenvalue weighted by molar-refractivity contribution is 0.0920. The lowest BCUT2D eigenvalue weighted by atomic mass is 10.2. The van der Waals surface area contributed by atoms with Gasteiger partial charge in [-0.1, -0.05) is 0 Å². The summed E-state index contributed by atoms with van der Waals surface area (Å²) in [5.74, 6) is 0.921. The molecule has 0 unspecified atom stereocenters. The summed E-state index contributed by atoms with van der Waals surface area (Å²) in [5, 5.41) is 2.79. The molecule has 1 atom stereocenters. The molecule has 0 aliphatic rings. The van der Waals surface area contributed by atoms with Crippen LogP contribution in [0, 0.1) is 0 Å². The van der Waals surface area contributed by atoms with Gasteiger partial charge in [0.1, 0.15) is 29.0 Å². The zero-order valence-corrected chi connectivity index (χ0v) is 19.0. The molecule has 0 fully saturated rings. The van der Waals surface area contributed by atoms with E-state index in [2.05, 4.69) is 10.3 Å². The number of sulfone groups is 1. The molecule has 1 heterocycles. The van der Waals surface area contributed by atoms with Crippen LogP contribution in [0.5, 0.6) is 17.2 Å². The Morgan fingerprint density at radius 1 is 1.12 bits per heavy atom. The fourth-order valence-corrected chi connectivity index (χ4v) is 3.52. The Bertz CT molecular complexity index is 1190. The third-order valence-corrected chi connectivity index (χ3v) is 5.43. The van der Waals surface area contributed by atoms with E-state index < -0.39 is 9.84 Å². The lowest BCUT2D eigenvalue weighted by Gasteiger charge is -2.16. The highest BCUT2D eigenvalue weighted by Gasteiger charge is 2.13. The van der Waals surface area contributed by atoms with E-state index in [-0.39, 0.29) is 22.6 Å². The number of rotatable bonds is 9. The first-order chi connectivity index (χ1) is 15.1. The molecule has 1 amide bonds. The fourth-order valence-electron chi connectivity index (χ4n) is 2.89. The highest BCUT2D eigenvalue weighted by atomic mass is 32.2. The van der Waals surface area contributed by atoms with E-state index in [4.69, 9.17) is 14.2 Å². The molecular weight excluding hydrogens is 434 g/mol. The van der Waals surface area contributed by atoms with Crippen LogP contribution < -0.4 is 14.8 Å². The summed E-state index contributed by atoms with van der Waals surface area (Å²) in [6.45, 7) is 2.24. The van der Waals surface area contributed by atoms with E-state index in [1.807, 2.05) is 6.92 Å². The summed E-state index contributed by atoms with van der Waals surface area (Å²) in [5.41, 5.74) is 0.718. The standard InChI is InChI=1S/C22H25N3O6S/c1-15(13-29-3)30-18-9-16(24-22(26)21-12-25(2)14-23-21)10-19(11-18)31-17-5-7-20(8-6-17)32(4,27)28/h5-12,14-15H,13H2,1-4H3,(H,24,26)/t15-/m0/s1. The van der Waals surface area contributed by atoms with Crippen LogP contribution in [-0.2, 0) is 21.6 Å². The van der Waals surface area contributed by atoms with Crippen molar-refractivity contribution in [2.24, 2.45) is 7.05 Å². The Morgan fingerprint density at radius 2 is 1.81 bits per heavy atom. The molecule has 2 aromatic carbocycles. The predicted octanol–water partition coefficient (Wildman–Crippen LogP) is 3.28. The topological polar surface area (TPSA) is 109 Å². The molecule has 0 aliphatic heterocycles. The number of hydrogen-bond acceptors (Lipinski definition) is 7. The maximum atomic E-state index is 12.5. The number of benzene rings is 2. The van der Waals surface area contributed by atoms with Gasteiger partial charge in [0.15, 0.2) is 9.84 Å². The van der Waals surface area contributed by atoms with Crippen LogP contribution in [0.2, 0.25) is 0 Å². The van der Waals surface area contributed by atoms with Crippen LogP contribution in [0.1, 0.15) is 17.4 Å². The molecule has 1 N–H and O–H groups in total. The van der Waals surface area contributed by atoms with Crippen LogP contribution in [-0.4, -0.2) is 50.0 Å². The molecule has 170 valence electrons. The number of methoxy groups -OCH3 is 1. The van der Waals surface area contributed by atoms with Gasteiger partial charge in [-0.25, -0.2) is 13.4 Å². The smallest absolute Gasteiger partial charge is 0.275 e. The number of aryl methyl sites for hydroxylation is 1. The van der Waals surface area contributed by atoms with Gasteiger partial charge in [0, 0.05) is 50.5 Å². The third kappa shape index (κ3) is 6.32. The summed E-state index contributed by atoms with van der Waals surface area (Å²) in [6, 6.07) is 11.0. The molecule has 0 bridgehead atoms. The second kappa shape index (κ2) is 9.84. The molecular formula is C22H25N3O6S. The molecule has 10 heteroatoms. The molecule has 32 heavy (non-hydrogen) atoms. The van der Waals surface area contributed by atoms with Crippen LogP contribution in [0.3, 0.4) is 0 Å². The fraction of sp³-hybridized carbons (Fsp3) is 0.273. The van der Waals surface area contributed by atoms with Crippen LogP contribution >= 0.6 is 0 Å².